The van der Waals surface area contributed by atoms with Gasteiger partial charge in [-0.25, -0.2) is 14.4 Å². The third kappa shape index (κ3) is 3.67. The highest BCUT2D eigenvalue weighted by Crippen LogP contribution is 2.28. The standard InChI is InChI=1S/C16H13FIN5/c17-12-3-1-2-4-13(12)23-16-14(19)15(20-9-21-16)22-11-7-5-10(18)6-8-11/h1-9H,19H2,(H2,20,21,22,23). The quantitative estimate of drug-likeness (QED) is 0.548. The Labute approximate surface area is 146 Å². The van der Waals surface area contributed by atoms with E-state index < -0.39 is 0 Å². The summed E-state index contributed by atoms with van der Waals surface area (Å²) >= 11 is 2.23. The number of benzene rings is 2. The molecule has 0 amide bonds. The van der Waals surface area contributed by atoms with Gasteiger partial charge in [0.05, 0.1) is 5.69 Å². The maximum Gasteiger partial charge on any atom is 0.159 e. The second-order valence-corrected chi connectivity index (χ2v) is 5.97. The molecular weight excluding hydrogens is 408 g/mol. The monoisotopic (exact) mass is 421 g/mol. The molecule has 0 fully saturated rings. The van der Waals surface area contributed by atoms with Gasteiger partial charge in [0.25, 0.3) is 0 Å². The van der Waals surface area contributed by atoms with Crippen LogP contribution in [0.5, 0.6) is 0 Å². The van der Waals surface area contributed by atoms with E-state index in [2.05, 4.69) is 43.2 Å². The summed E-state index contributed by atoms with van der Waals surface area (Å²) < 4.78 is 14.9. The molecule has 7 heteroatoms. The van der Waals surface area contributed by atoms with Gasteiger partial charge in [-0.3, -0.25) is 0 Å². The topological polar surface area (TPSA) is 75.9 Å². The first-order valence-corrected chi connectivity index (χ1v) is 7.86. The number of nitrogen functional groups attached to an aromatic ring is 1. The van der Waals surface area contributed by atoms with Crippen molar-refractivity contribution in [2.24, 2.45) is 0 Å². The number of nitrogens with zero attached hydrogens (tertiary/aromatic N) is 2. The molecule has 5 nitrogen and oxygen atoms in total. The molecule has 2 aromatic carbocycles. The van der Waals surface area contributed by atoms with Crippen LogP contribution in [0.25, 0.3) is 0 Å². The molecule has 0 spiro atoms. The Morgan fingerprint density at radius 1 is 0.913 bits per heavy atom. The average molecular weight is 421 g/mol. The normalized spacial score (nSPS) is 10.3. The Morgan fingerprint density at radius 2 is 1.57 bits per heavy atom. The smallest absolute Gasteiger partial charge is 0.159 e. The van der Waals surface area contributed by atoms with E-state index in [4.69, 9.17) is 5.73 Å². The minimum Gasteiger partial charge on any atom is -0.393 e. The third-order valence-electron chi connectivity index (χ3n) is 3.12. The minimum atomic E-state index is -0.377. The van der Waals surface area contributed by atoms with E-state index >= 15 is 0 Å². The largest absolute Gasteiger partial charge is 0.393 e. The summed E-state index contributed by atoms with van der Waals surface area (Å²) in [5.41, 5.74) is 7.56. The first kappa shape index (κ1) is 15.5. The molecule has 1 aromatic heterocycles. The van der Waals surface area contributed by atoms with Gasteiger partial charge in [-0.1, -0.05) is 12.1 Å². The van der Waals surface area contributed by atoms with Gasteiger partial charge in [0.1, 0.15) is 17.8 Å². The number of halogens is 2. The predicted molar refractivity (Wildman–Crippen MR) is 98.6 cm³/mol. The van der Waals surface area contributed by atoms with Crippen molar-refractivity contribution < 1.29 is 4.39 Å². The number of hydrogen-bond donors (Lipinski definition) is 3. The van der Waals surface area contributed by atoms with Crippen LogP contribution in [0, 0.1) is 9.39 Å². The molecule has 0 radical (unpaired) electrons. The minimum absolute atomic E-state index is 0.304. The lowest BCUT2D eigenvalue weighted by Crippen LogP contribution is -2.05. The summed E-state index contributed by atoms with van der Waals surface area (Å²) in [4.78, 5) is 8.21. The van der Waals surface area contributed by atoms with E-state index in [-0.39, 0.29) is 5.82 Å². The van der Waals surface area contributed by atoms with Crippen LogP contribution in [0.2, 0.25) is 0 Å². The fraction of sp³-hybridized carbons (Fsp3) is 0. The van der Waals surface area contributed by atoms with Crippen molar-refractivity contribution in [1.82, 2.24) is 9.97 Å². The number of nitrogens with one attached hydrogen (secondary N) is 2. The van der Waals surface area contributed by atoms with Crippen LogP contribution < -0.4 is 16.4 Å². The number of hydrogen-bond acceptors (Lipinski definition) is 5. The summed E-state index contributed by atoms with van der Waals surface area (Å²) in [7, 11) is 0. The number of aromatic nitrogens is 2. The van der Waals surface area contributed by atoms with E-state index in [1.807, 2.05) is 24.3 Å². The van der Waals surface area contributed by atoms with Crippen LogP contribution in [-0.4, -0.2) is 9.97 Å². The molecule has 0 saturated heterocycles. The maximum absolute atomic E-state index is 13.7. The molecule has 0 bridgehead atoms. The predicted octanol–water partition coefficient (Wildman–Crippen LogP) is 4.29. The van der Waals surface area contributed by atoms with E-state index in [0.29, 0.717) is 23.0 Å². The average Bonchev–Trinajstić information content (AvgIpc) is 2.55. The lowest BCUT2D eigenvalue weighted by molar-refractivity contribution is 0.632. The first-order valence-electron chi connectivity index (χ1n) is 6.78. The Bertz CT molecular complexity index is 823. The zero-order chi connectivity index (χ0) is 16.2. The first-order chi connectivity index (χ1) is 11.1. The van der Waals surface area contributed by atoms with Gasteiger partial charge < -0.3 is 16.4 Å². The number of anilines is 5. The molecule has 0 aliphatic rings. The fourth-order valence-corrected chi connectivity index (χ4v) is 2.31. The Morgan fingerprint density at radius 3 is 2.26 bits per heavy atom. The van der Waals surface area contributed by atoms with Crippen LogP contribution >= 0.6 is 22.6 Å². The molecule has 0 aliphatic carbocycles. The summed E-state index contributed by atoms with van der Waals surface area (Å²) in [5.74, 6) is 0.427. The van der Waals surface area contributed by atoms with Crippen molar-refractivity contribution in [3.8, 4) is 0 Å². The third-order valence-corrected chi connectivity index (χ3v) is 3.84. The van der Waals surface area contributed by atoms with E-state index in [9.17, 15) is 4.39 Å². The molecule has 0 atom stereocenters. The van der Waals surface area contributed by atoms with Crippen LogP contribution in [0.15, 0.2) is 54.9 Å². The lowest BCUT2D eigenvalue weighted by atomic mass is 10.3. The van der Waals surface area contributed by atoms with Crippen molar-refractivity contribution >= 4 is 51.3 Å². The van der Waals surface area contributed by atoms with Crippen molar-refractivity contribution in [2.45, 2.75) is 0 Å². The summed E-state index contributed by atoms with van der Waals surface area (Å²) in [6, 6.07) is 14.1. The second-order valence-electron chi connectivity index (χ2n) is 4.72. The van der Waals surface area contributed by atoms with E-state index in [1.54, 1.807) is 18.2 Å². The molecule has 0 saturated carbocycles. The van der Waals surface area contributed by atoms with E-state index in [1.165, 1.54) is 12.4 Å². The van der Waals surface area contributed by atoms with Crippen molar-refractivity contribution in [1.29, 1.82) is 0 Å². The van der Waals surface area contributed by atoms with Gasteiger partial charge in [-0.05, 0) is 59.0 Å². The van der Waals surface area contributed by atoms with Crippen LogP contribution in [0.4, 0.5) is 33.1 Å². The van der Waals surface area contributed by atoms with Gasteiger partial charge in [0, 0.05) is 9.26 Å². The Hall–Kier alpha value is -2.42. The number of para-hydroxylation sites is 1. The highest BCUT2D eigenvalue weighted by Gasteiger charge is 2.10. The maximum atomic E-state index is 13.7. The van der Waals surface area contributed by atoms with Crippen LogP contribution in [-0.2, 0) is 0 Å². The highest BCUT2D eigenvalue weighted by atomic mass is 127. The zero-order valence-electron chi connectivity index (χ0n) is 11.9. The molecule has 0 aliphatic heterocycles. The summed E-state index contributed by atoms with van der Waals surface area (Å²) in [6.45, 7) is 0. The summed E-state index contributed by atoms with van der Waals surface area (Å²) in [6.07, 6.45) is 1.37. The Kier molecular flexibility index (Phi) is 4.56. The van der Waals surface area contributed by atoms with E-state index in [0.717, 1.165) is 9.26 Å². The van der Waals surface area contributed by atoms with Gasteiger partial charge in [0.15, 0.2) is 11.6 Å². The lowest BCUT2D eigenvalue weighted by Gasteiger charge is -2.13. The van der Waals surface area contributed by atoms with Crippen LogP contribution in [0.3, 0.4) is 0 Å². The van der Waals surface area contributed by atoms with Gasteiger partial charge in [0.2, 0.25) is 0 Å². The molecule has 3 rings (SSSR count). The Balaban J connectivity index is 1.86. The molecule has 1 heterocycles. The SMILES string of the molecule is Nc1c(Nc2ccc(I)cc2)ncnc1Nc1ccccc1F. The van der Waals surface area contributed by atoms with Crippen LogP contribution in [0.1, 0.15) is 0 Å². The molecule has 23 heavy (non-hydrogen) atoms. The molecule has 0 unspecified atom stereocenters. The molecule has 3 aromatic rings. The van der Waals surface area contributed by atoms with Gasteiger partial charge in [-0.15, -0.1) is 0 Å². The van der Waals surface area contributed by atoms with Crippen molar-refractivity contribution in [3.05, 3.63) is 64.2 Å². The van der Waals surface area contributed by atoms with Crippen molar-refractivity contribution in [2.75, 3.05) is 16.4 Å². The van der Waals surface area contributed by atoms with Gasteiger partial charge in [-0.2, -0.15) is 0 Å². The van der Waals surface area contributed by atoms with Gasteiger partial charge >= 0.3 is 0 Å². The van der Waals surface area contributed by atoms with Crippen molar-refractivity contribution in [3.63, 3.8) is 0 Å². The molecular formula is C16H13FIN5. The highest BCUT2D eigenvalue weighted by molar-refractivity contribution is 14.1. The second kappa shape index (κ2) is 6.78. The number of rotatable bonds is 4. The molecule has 4 N–H and O–H groups in total. The molecule has 116 valence electrons. The number of nitrogens with two attached hydrogens (primary N) is 1. The summed E-state index contributed by atoms with van der Waals surface area (Å²) in [5, 5.41) is 6.01. The fourth-order valence-electron chi connectivity index (χ4n) is 1.95. The zero-order valence-corrected chi connectivity index (χ0v) is 14.1.